The van der Waals surface area contributed by atoms with Crippen LogP contribution in [0.1, 0.15) is 26.9 Å². The van der Waals surface area contributed by atoms with Crippen molar-refractivity contribution in [3.8, 4) is 10.4 Å². The highest BCUT2D eigenvalue weighted by molar-refractivity contribution is 7.16. The highest BCUT2D eigenvalue weighted by atomic mass is 32.1. The summed E-state index contributed by atoms with van der Waals surface area (Å²) >= 11 is 3.21. The van der Waals surface area contributed by atoms with Crippen LogP contribution in [0, 0.1) is 6.92 Å². The Balaban J connectivity index is 1.62. The fraction of sp³-hybridized carbons (Fsp3) is 0.167. The minimum absolute atomic E-state index is 0.156. The van der Waals surface area contributed by atoms with E-state index in [1.165, 1.54) is 5.56 Å². The molecule has 0 unspecified atom stereocenters. The zero-order valence-corrected chi connectivity index (χ0v) is 14.3. The van der Waals surface area contributed by atoms with Crippen LogP contribution in [0.2, 0.25) is 0 Å². The molecule has 23 heavy (non-hydrogen) atoms. The van der Waals surface area contributed by atoms with Crippen LogP contribution in [-0.4, -0.2) is 17.6 Å². The molecule has 1 atom stereocenters. The topological polar surface area (TPSA) is 49.3 Å². The van der Waals surface area contributed by atoms with Gasteiger partial charge in [0.1, 0.15) is 6.10 Å². The number of carbonyl (C=O) groups excluding carboxylic acids is 1. The van der Waals surface area contributed by atoms with Crippen molar-refractivity contribution in [2.24, 2.45) is 0 Å². The van der Waals surface area contributed by atoms with Crippen LogP contribution in [0.5, 0.6) is 0 Å². The smallest absolute Gasteiger partial charge is 0.251 e. The quantitative estimate of drug-likeness (QED) is 0.728. The van der Waals surface area contributed by atoms with Crippen LogP contribution in [0.3, 0.4) is 0 Å². The lowest BCUT2D eigenvalue weighted by Crippen LogP contribution is -2.28. The van der Waals surface area contributed by atoms with E-state index in [-0.39, 0.29) is 12.5 Å². The van der Waals surface area contributed by atoms with Crippen molar-refractivity contribution in [2.45, 2.75) is 13.0 Å². The molecular weight excluding hydrogens is 326 g/mol. The van der Waals surface area contributed by atoms with E-state index in [9.17, 15) is 9.90 Å². The van der Waals surface area contributed by atoms with E-state index in [4.69, 9.17) is 0 Å². The number of hydrogen-bond acceptors (Lipinski definition) is 4. The van der Waals surface area contributed by atoms with Crippen molar-refractivity contribution in [3.63, 3.8) is 0 Å². The van der Waals surface area contributed by atoms with Crippen LogP contribution in [0.4, 0.5) is 0 Å². The largest absolute Gasteiger partial charge is 0.386 e. The van der Waals surface area contributed by atoms with Crippen molar-refractivity contribution in [2.75, 3.05) is 6.54 Å². The second kappa shape index (κ2) is 7.08. The highest BCUT2D eigenvalue weighted by Crippen LogP contribution is 2.32. The van der Waals surface area contributed by atoms with Crippen molar-refractivity contribution in [3.05, 3.63) is 69.2 Å². The van der Waals surface area contributed by atoms with Gasteiger partial charge in [0, 0.05) is 27.4 Å². The average Bonchev–Trinajstić information content (AvgIpc) is 3.23. The Bertz CT molecular complexity index is 793. The lowest BCUT2D eigenvalue weighted by Gasteiger charge is -2.11. The van der Waals surface area contributed by atoms with Gasteiger partial charge in [-0.15, -0.1) is 11.3 Å². The van der Waals surface area contributed by atoms with Crippen LogP contribution >= 0.6 is 22.7 Å². The molecule has 0 radical (unpaired) electrons. The van der Waals surface area contributed by atoms with Crippen molar-refractivity contribution in [1.29, 1.82) is 0 Å². The van der Waals surface area contributed by atoms with E-state index in [1.54, 1.807) is 28.7 Å². The molecular formula is C18H17NO2S2. The molecule has 0 saturated heterocycles. The molecule has 3 aromatic rings. The second-order valence-corrected chi connectivity index (χ2v) is 7.15. The van der Waals surface area contributed by atoms with Crippen LogP contribution < -0.4 is 5.32 Å². The molecule has 0 spiro atoms. The van der Waals surface area contributed by atoms with Gasteiger partial charge in [-0.1, -0.05) is 18.2 Å². The van der Waals surface area contributed by atoms with Gasteiger partial charge in [0.05, 0.1) is 0 Å². The summed E-state index contributed by atoms with van der Waals surface area (Å²) in [6.45, 7) is 2.11. The summed E-state index contributed by atoms with van der Waals surface area (Å²) in [7, 11) is 0. The van der Waals surface area contributed by atoms with Gasteiger partial charge in [-0.2, -0.15) is 11.3 Å². The van der Waals surface area contributed by atoms with E-state index in [0.29, 0.717) is 5.56 Å². The summed E-state index contributed by atoms with van der Waals surface area (Å²) in [5, 5.41) is 17.2. The Morgan fingerprint density at radius 2 is 2.04 bits per heavy atom. The minimum atomic E-state index is -0.694. The van der Waals surface area contributed by atoms with Gasteiger partial charge < -0.3 is 10.4 Å². The van der Waals surface area contributed by atoms with Crippen LogP contribution in [0.15, 0.2) is 53.2 Å². The van der Waals surface area contributed by atoms with E-state index in [0.717, 1.165) is 15.3 Å². The summed E-state index contributed by atoms with van der Waals surface area (Å²) < 4.78 is 0. The normalized spacial score (nSPS) is 12.1. The predicted molar refractivity (Wildman–Crippen MR) is 96.1 cm³/mol. The Kier molecular flexibility index (Phi) is 4.91. The highest BCUT2D eigenvalue weighted by Gasteiger charge is 2.14. The molecule has 1 amide bonds. The first-order chi connectivity index (χ1) is 11.1. The summed E-state index contributed by atoms with van der Waals surface area (Å²) in [4.78, 5) is 14.2. The molecule has 2 heterocycles. The fourth-order valence-corrected chi connectivity index (χ4v) is 4.03. The first-order valence-corrected chi connectivity index (χ1v) is 9.05. The number of amides is 1. The second-order valence-electron chi connectivity index (χ2n) is 5.25. The molecule has 2 aromatic heterocycles. The van der Waals surface area contributed by atoms with Gasteiger partial charge in [0.25, 0.3) is 5.91 Å². The van der Waals surface area contributed by atoms with Gasteiger partial charge in [-0.25, -0.2) is 0 Å². The van der Waals surface area contributed by atoms with Gasteiger partial charge in [-0.05, 0) is 47.5 Å². The number of aryl methyl sites for hydroxylation is 1. The summed E-state index contributed by atoms with van der Waals surface area (Å²) in [5.41, 5.74) is 2.74. The van der Waals surface area contributed by atoms with E-state index in [1.807, 2.05) is 42.6 Å². The van der Waals surface area contributed by atoms with Crippen LogP contribution in [-0.2, 0) is 0 Å². The van der Waals surface area contributed by atoms with Gasteiger partial charge >= 0.3 is 0 Å². The number of benzene rings is 1. The number of hydrogen-bond donors (Lipinski definition) is 2. The molecule has 3 nitrogen and oxygen atoms in total. The summed E-state index contributed by atoms with van der Waals surface area (Å²) in [6.07, 6.45) is -0.694. The molecule has 1 aromatic carbocycles. The molecule has 0 saturated carbocycles. The SMILES string of the molecule is Cc1ccccc1C(=O)NC[C@@H](O)c1ccc(-c2ccsc2)s1. The third kappa shape index (κ3) is 3.69. The minimum Gasteiger partial charge on any atom is -0.386 e. The number of aliphatic hydroxyl groups excluding tert-OH is 1. The Morgan fingerprint density at radius 3 is 2.78 bits per heavy atom. The van der Waals surface area contributed by atoms with E-state index < -0.39 is 6.10 Å². The van der Waals surface area contributed by atoms with E-state index >= 15 is 0 Å². The maximum atomic E-state index is 12.2. The average molecular weight is 343 g/mol. The fourth-order valence-electron chi connectivity index (χ4n) is 2.30. The molecule has 0 aliphatic carbocycles. The van der Waals surface area contributed by atoms with Crippen molar-refractivity contribution < 1.29 is 9.90 Å². The Hall–Kier alpha value is -1.95. The third-order valence-electron chi connectivity index (χ3n) is 3.61. The number of carbonyl (C=O) groups is 1. The maximum Gasteiger partial charge on any atom is 0.251 e. The predicted octanol–water partition coefficient (Wildman–Crippen LogP) is 4.25. The number of thiophene rings is 2. The summed E-state index contributed by atoms with van der Waals surface area (Å²) in [6, 6.07) is 13.4. The molecule has 0 fully saturated rings. The van der Waals surface area contributed by atoms with Gasteiger partial charge in [0.2, 0.25) is 0 Å². The van der Waals surface area contributed by atoms with Gasteiger partial charge in [-0.3, -0.25) is 4.79 Å². The van der Waals surface area contributed by atoms with Crippen molar-refractivity contribution in [1.82, 2.24) is 5.32 Å². The monoisotopic (exact) mass is 343 g/mol. The zero-order valence-electron chi connectivity index (χ0n) is 12.7. The van der Waals surface area contributed by atoms with E-state index in [2.05, 4.69) is 16.8 Å². The molecule has 3 rings (SSSR count). The molecule has 5 heteroatoms. The number of rotatable bonds is 5. The molecule has 2 N–H and O–H groups in total. The zero-order chi connectivity index (χ0) is 16.2. The van der Waals surface area contributed by atoms with Crippen LogP contribution in [0.25, 0.3) is 10.4 Å². The number of aliphatic hydroxyl groups is 1. The summed E-state index contributed by atoms with van der Waals surface area (Å²) in [5.74, 6) is -0.156. The lowest BCUT2D eigenvalue weighted by molar-refractivity contribution is 0.0917. The maximum absolute atomic E-state index is 12.2. The lowest BCUT2D eigenvalue weighted by atomic mass is 10.1. The van der Waals surface area contributed by atoms with Crippen molar-refractivity contribution >= 4 is 28.6 Å². The molecule has 0 aliphatic heterocycles. The standard InChI is InChI=1S/C18H17NO2S2/c1-12-4-2-3-5-14(12)18(21)19-10-15(20)17-7-6-16(23-17)13-8-9-22-11-13/h2-9,11,15,20H,10H2,1H3,(H,19,21)/t15-/m1/s1. The number of nitrogens with one attached hydrogen (secondary N) is 1. The molecule has 0 bridgehead atoms. The first-order valence-electron chi connectivity index (χ1n) is 7.29. The molecule has 0 aliphatic rings. The van der Waals surface area contributed by atoms with Gasteiger partial charge in [0.15, 0.2) is 0 Å². The first kappa shape index (κ1) is 15.9. The third-order valence-corrected chi connectivity index (χ3v) is 5.53. The molecule has 118 valence electrons. The Labute approximate surface area is 143 Å². The Morgan fingerprint density at radius 1 is 1.22 bits per heavy atom.